The molecular formula is C13H24O2. The van der Waals surface area contributed by atoms with Crippen molar-refractivity contribution in [1.82, 2.24) is 0 Å². The van der Waals surface area contributed by atoms with Crippen molar-refractivity contribution in [1.29, 1.82) is 0 Å². The predicted octanol–water partition coefficient (Wildman–Crippen LogP) is 3.86. The maximum atomic E-state index is 10.8. The van der Waals surface area contributed by atoms with Gasteiger partial charge in [0.2, 0.25) is 0 Å². The van der Waals surface area contributed by atoms with Gasteiger partial charge in [-0.05, 0) is 32.1 Å². The molecule has 0 aliphatic carbocycles. The zero-order valence-corrected chi connectivity index (χ0v) is 10.1. The van der Waals surface area contributed by atoms with E-state index < -0.39 is 0 Å². The third-order valence-electron chi connectivity index (χ3n) is 2.37. The first-order valence-electron chi connectivity index (χ1n) is 6.03. The second-order valence-corrected chi connectivity index (χ2v) is 3.79. The maximum Gasteiger partial charge on any atom is 0.305 e. The van der Waals surface area contributed by atoms with E-state index >= 15 is 0 Å². The Bertz CT molecular complexity index is 173. The Morgan fingerprint density at radius 1 is 1.07 bits per heavy atom. The third kappa shape index (κ3) is 11.1. The summed E-state index contributed by atoms with van der Waals surface area (Å²) in [5.41, 5.74) is 0. The molecule has 0 radical (unpaired) electrons. The summed E-state index contributed by atoms with van der Waals surface area (Å²) in [4.78, 5) is 10.8. The van der Waals surface area contributed by atoms with E-state index in [-0.39, 0.29) is 5.97 Å². The van der Waals surface area contributed by atoms with Gasteiger partial charge in [0, 0.05) is 6.42 Å². The number of ether oxygens (including phenoxy) is 1. The van der Waals surface area contributed by atoms with Gasteiger partial charge in [0.25, 0.3) is 0 Å². The average molecular weight is 212 g/mol. The Hall–Kier alpha value is -0.790. The number of unbranched alkanes of at least 4 members (excludes halogenated alkanes) is 5. The van der Waals surface area contributed by atoms with E-state index in [1.807, 2.05) is 0 Å². The number of carbonyl (C=O) groups is 1. The molecule has 0 amide bonds. The lowest BCUT2D eigenvalue weighted by Crippen LogP contribution is -1.98. The highest BCUT2D eigenvalue weighted by molar-refractivity contribution is 5.68. The normalized spacial score (nSPS) is 10.8. The Kier molecular flexibility index (Phi) is 10.7. The van der Waals surface area contributed by atoms with E-state index in [4.69, 9.17) is 0 Å². The van der Waals surface area contributed by atoms with Gasteiger partial charge in [0.05, 0.1) is 7.11 Å². The van der Waals surface area contributed by atoms with E-state index in [2.05, 4.69) is 23.8 Å². The van der Waals surface area contributed by atoms with Gasteiger partial charge in [-0.15, -0.1) is 0 Å². The van der Waals surface area contributed by atoms with Crippen LogP contribution in [0.25, 0.3) is 0 Å². The molecule has 0 N–H and O–H groups in total. The van der Waals surface area contributed by atoms with Crippen LogP contribution in [0, 0.1) is 0 Å². The fourth-order valence-corrected chi connectivity index (χ4v) is 1.38. The molecule has 0 aromatic rings. The number of allylic oxidation sites excluding steroid dienone is 2. The van der Waals surface area contributed by atoms with Crippen molar-refractivity contribution in [3.05, 3.63) is 12.2 Å². The summed E-state index contributed by atoms with van der Waals surface area (Å²) in [5, 5.41) is 0. The molecule has 0 rings (SSSR count). The van der Waals surface area contributed by atoms with E-state index in [0.29, 0.717) is 6.42 Å². The largest absolute Gasteiger partial charge is 0.469 e. The van der Waals surface area contributed by atoms with Crippen LogP contribution in [-0.2, 0) is 9.53 Å². The van der Waals surface area contributed by atoms with Gasteiger partial charge in [-0.2, -0.15) is 0 Å². The summed E-state index contributed by atoms with van der Waals surface area (Å²) in [6.45, 7) is 2.22. The molecule has 0 atom stereocenters. The van der Waals surface area contributed by atoms with E-state index in [1.54, 1.807) is 0 Å². The van der Waals surface area contributed by atoms with Crippen molar-refractivity contribution < 1.29 is 9.53 Å². The fourth-order valence-electron chi connectivity index (χ4n) is 1.38. The molecule has 15 heavy (non-hydrogen) atoms. The molecule has 0 fully saturated rings. The second kappa shape index (κ2) is 11.3. The van der Waals surface area contributed by atoms with Gasteiger partial charge < -0.3 is 4.74 Å². The molecule has 0 aromatic heterocycles. The Labute approximate surface area is 93.7 Å². The van der Waals surface area contributed by atoms with Crippen LogP contribution in [0.4, 0.5) is 0 Å². The minimum atomic E-state index is -0.0954. The number of esters is 1. The molecule has 0 heterocycles. The van der Waals surface area contributed by atoms with Crippen LogP contribution in [0.1, 0.15) is 58.3 Å². The van der Waals surface area contributed by atoms with Crippen molar-refractivity contribution in [3.8, 4) is 0 Å². The van der Waals surface area contributed by atoms with Crippen molar-refractivity contribution in [3.63, 3.8) is 0 Å². The lowest BCUT2D eigenvalue weighted by atomic mass is 10.1. The Morgan fingerprint density at radius 2 is 1.67 bits per heavy atom. The first-order chi connectivity index (χ1) is 7.31. The summed E-state index contributed by atoms with van der Waals surface area (Å²) < 4.78 is 4.57. The van der Waals surface area contributed by atoms with Crippen LogP contribution in [0.5, 0.6) is 0 Å². The second-order valence-electron chi connectivity index (χ2n) is 3.79. The highest BCUT2D eigenvalue weighted by atomic mass is 16.5. The van der Waals surface area contributed by atoms with E-state index in [0.717, 1.165) is 19.3 Å². The summed E-state index contributed by atoms with van der Waals surface area (Å²) in [6, 6.07) is 0. The van der Waals surface area contributed by atoms with Crippen LogP contribution in [0.2, 0.25) is 0 Å². The lowest BCUT2D eigenvalue weighted by Gasteiger charge is -1.97. The molecule has 2 heteroatoms. The van der Waals surface area contributed by atoms with Crippen LogP contribution in [0.15, 0.2) is 12.2 Å². The number of hydrogen-bond acceptors (Lipinski definition) is 2. The molecule has 0 aromatic carbocycles. The number of rotatable bonds is 9. The minimum Gasteiger partial charge on any atom is -0.469 e. The van der Waals surface area contributed by atoms with Crippen LogP contribution >= 0.6 is 0 Å². The summed E-state index contributed by atoms with van der Waals surface area (Å²) in [7, 11) is 1.44. The molecule has 2 nitrogen and oxygen atoms in total. The summed E-state index contributed by atoms with van der Waals surface area (Å²) >= 11 is 0. The first-order valence-corrected chi connectivity index (χ1v) is 6.03. The smallest absolute Gasteiger partial charge is 0.305 e. The number of methoxy groups -OCH3 is 1. The van der Waals surface area contributed by atoms with E-state index in [1.165, 1.54) is 32.8 Å². The van der Waals surface area contributed by atoms with Gasteiger partial charge in [0.1, 0.15) is 0 Å². The van der Waals surface area contributed by atoms with Gasteiger partial charge in [0.15, 0.2) is 0 Å². The van der Waals surface area contributed by atoms with Crippen molar-refractivity contribution >= 4 is 5.97 Å². The van der Waals surface area contributed by atoms with Crippen molar-refractivity contribution in [2.75, 3.05) is 7.11 Å². The molecular weight excluding hydrogens is 188 g/mol. The molecule has 0 aliphatic rings. The van der Waals surface area contributed by atoms with Crippen molar-refractivity contribution in [2.24, 2.45) is 0 Å². The molecule has 0 spiro atoms. The van der Waals surface area contributed by atoms with E-state index in [9.17, 15) is 4.79 Å². The van der Waals surface area contributed by atoms with Crippen LogP contribution in [-0.4, -0.2) is 13.1 Å². The lowest BCUT2D eigenvalue weighted by molar-refractivity contribution is -0.140. The fraction of sp³-hybridized carbons (Fsp3) is 0.769. The number of carbonyl (C=O) groups excluding carboxylic acids is 1. The summed E-state index contributed by atoms with van der Waals surface area (Å²) in [5.74, 6) is -0.0954. The minimum absolute atomic E-state index is 0.0954. The van der Waals surface area contributed by atoms with Gasteiger partial charge in [-0.3, -0.25) is 4.79 Å². The van der Waals surface area contributed by atoms with Gasteiger partial charge >= 0.3 is 5.97 Å². The van der Waals surface area contributed by atoms with Crippen molar-refractivity contribution in [2.45, 2.75) is 58.3 Å². The predicted molar refractivity (Wildman–Crippen MR) is 63.8 cm³/mol. The molecule has 0 aliphatic heterocycles. The number of hydrogen-bond donors (Lipinski definition) is 0. The van der Waals surface area contributed by atoms with Gasteiger partial charge in [-0.1, -0.05) is 31.9 Å². The van der Waals surface area contributed by atoms with Crippen LogP contribution < -0.4 is 0 Å². The average Bonchev–Trinajstić information content (AvgIpc) is 2.26. The quantitative estimate of drug-likeness (QED) is 0.329. The molecule has 0 bridgehead atoms. The summed E-state index contributed by atoms with van der Waals surface area (Å²) in [6.07, 6.45) is 13.3. The maximum absolute atomic E-state index is 10.8. The molecule has 0 saturated heterocycles. The molecule has 88 valence electrons. The molecule has 0 unspecified atom stereocenters. The highest BCUT2D eigenvalue weighted by Gasteiger charge is 1.97. The first kappa shape index (κ1) is 14.2. The van der Waals surface area contributed by atoms with Gasteiger partial charge in [-0.25, -0.2) is 0 Å². The highest BCUT2D eigenvalue weighted by Crippen LogP contribution is 2.04. The SMILES string of the molecule is CCCCC/C=C/CCCCC(=O)OC. The third-order valence-corrected chi connectivity index (χ3v) is 2.37. The molecule has 0 saturated carbocycles. The topological polar surface area (TPSA) is 26.3 Å². The monoisotopic (exact) mass is 212 g/mol. The van der Waals surface area contributed by atoms with Crippen LogP contribution in [0.3, 0.4) is 0 Å². The Balaban J connectivity index is 3.13. The zero-order valence-electron chi connectivity index (χ0n) is 10.1. The zero-order chi connectivity index (χ0) is 11.4. The Morgan fingerprint density at radius 3 is 2.20 bits per heavy atom. The standard InChI is InChI=1S/C13H24O2/c1-3-4-5-6-7-8-9-10-11-12-13(14)15-2/h7-8H,3-6,9-12H2,1-2H3/b8-7+.